The van der Waals surface area contributed by atoms with Gasteiger partial charge in [0.15, 0.2) is 0 Å². The van der Waals surface area contributed by atoms with Gasteiger partial charge in [-0.1, -0.05) is 6.92 Å². The Morgan fingerprint density at radius 1 is 1.50 bits per heavy atom. The molecule has 2 atom stereocenters. The molecule has 1 aliphatic heterocycles. The van der Waals surface area contributed by atoms with Crippen molar-refractivity contribution in [3.63, 3.8) is 0 Å². The number of morpholine rings is 1. The fourth-order valence-corrected chi connectivity index (χ4v) is 1.44. The maximum atomic E-state index is 5.48. The standard InChI is InChI=1S/C8H17NO/c1-4-9-5-6-10-8(3)7(9)2/h7-8H,4-6H2,1-3H3/t7-,8-/m1/s1. The fraction of sp³-hybridized carbons (Fsp3) is 1.00. The van der Waals surface area contributed by atoms with Gasteiger partial charge in [0.1, 0.15) is 0 Å². The summed E-state index contributed by atoms with van der Waals surface area (Å²) >= 11 is 0. The first-order chi connectivity index (χ1) is 4.75. The second kappa shape index (κ2) is 3.35. The van der Waals surface area contributed by atoms with Crippen LogP contribution in [-0.2, 0) is 4.74 Å². The van der Waals surface area contributed by atoms with E-state index >= 15 is 0 Å². The Labute approximate surface area is 63.2 Å². The summed E-state index contributed by atoms with van der Waals surface area (Å²) in [7, 11) is 0. The van der Waals surface area contributed by atoms with Crippen molar-refractivity contribution in [2.24, 2.45) is 0 Å². The van der Waals surface area contributed by atoms with E-state index in [-0.39, 0.29) is 0 Å². The molecule has 2 heteroatoms. The second-order valence-corrected chi connectivity index (χ2v) is 2.95. The smallest absolute Gasteiger partial charge is 0.0700 e. The van der Waals surface area contributed by atoms with Crippen LogP contribution < -0.4 is 0 Å². The van der Waals surface area contributed by atoms with Crippen LogP contribution in [0.2, 0.25) is 0 Å². The molecule has 0 aromatic carbocycles. The molecule has 1 saturated heterocycles. The molecule has 1 aliphatic rings. The predicted molar refractivity (Wildman–Crippen MR) is 42.1 cm³/mol. The van der Waals surface area contributed by atoms with Crippen LogP contribution in [0.25, 0.3) is 0 Å². The molecular weight excluding hydrogens is 126 g/mol. The van der Waals surface area contributed by atoms with Gasteiger partial charge in [-0.2, -0.15) is 0 Å². The molecule has 0 spiro atoms. The van der Waals surface area contributed by atoms with E-state index in [1.54, 1.807) is 0 Å². The van der Waals surface area contributed by atoms with Gasteiger partial charge in [-0.25, -0.2) is 0 Å². The highest BCUT2D eigenvalue weighted by atomic mass is 16.5. The Hall–Kier alpha value is -0.0800. The summed E-state index contributed by atoms with van der Waals surface area (Å²) in [6, 6.07) is 0.596. The molecule has 2 nitrogen and oxygen atoms in total. The maximum absolute atomic E-state index is 5.48. The van der Waals surface area contributed by atoms with Gasteiger partial charge in [0.25, 0.3) is 0 Å². The van der Waals surface area contributed by atoms with Gasteiger partial charge >= 0.3 is 0 Å². The van der Waals surface area contributed by atoms with Crippen molar-refractivity contribution in [2.75, 3.05) is 19.7 Å². The molecule has 0 saturated carbocycles. The summed E-state index contributed by atoms with van der Waals surface area (Å²) in [4.78, 5) is 2.45. The molecular formula is C8H17NO. The third kappa shape index (κ3) is 1.50. The summed E-state index contributed by atoms with van der Waals surface area (Å²) in [6.07, 6.45) is 0.411. The van der Waals surface area contributed by atoms with Crippen molar-refractivity contribution in [3.05, 3.63) is 0 Å². The van der Waals surface area contributed by atoms with Crippen molar-refractivity contribution < 1.29 is 4.74 Å². The normalized spacial score (nSPS) is 36.3. The largest absolute Gasteiger partial charge is 0.376 e. The van der Waals surface area contributed by atoms with E-state index in [9.17, 15) is 0 Å². The highest BCUT2D eigenvalue weighted by molar-refractivity contribution is 4.75. The number of ether oxygens (including phenoxy) is 1. The Balaban J connectivity index is 2.42. The first-order valence-corrected chi connectivity index (χ1v) is 4.11. The van der Waals surface area contributed by atoms with Gasteiger partial charge in [-0.05, 0) is 20.4 Å². The summed E-state index contributed by atoms with van der Waals surface area (Å²) in [5.74, 6) is 0. The molecule has 0 amide bonds. The van der Waals surface area contributed by atoms with Gasteiger partial charge in [0, 0.05) is 12.6 Å². The SMILES string of the molecule is CCN1CCO[C@H](C)[C@H]1C. The highest BCUT2D eigenvalue weighted by Gasteiger charge is 2.23. The van der Waals surface area contributed by atoms with Crippen LogP contribution in [0.1, 0.15) is 20.8 Å². The number of hydrogen-bond donors (Lipinski definition) is 0. The van der Waals surface area contributed by atoms with Crippen LogP contribution in [0.4, 0.5) is 0 Å². The Kier molecular flexibility index (Phi) is 2.69. The average molecular weight is 143 g/mol. The van der Waals surface area contributed by atoms with E-state index < -0.39 is 0 Å². The molecule has 0 aromatic heterocycles. The number of rotatable bonds is 1. The van der Waals surface area contributed by atoms with Crippen molar-refractivity contribution in [2.45, 2.75) is 32.9 Å². The molecule has 0 unspecified atom stereocenters. The Morgan fingerprint density at radius 3 is 2.70 bits per heavy atom. The minimum Gasteiger partial charge on any atom is -0.376 e. The first kappa shape index (κ1) is 8.02. The molecule has 0 bridgehead atoms. The first-order valence-electron chi connectivity index (χ1n) is 4.11. The zero-order valence-electron chi connectivity index (χ0n) is 7.13. The topological polar surface area (TPSA) is 12.5 Å². The van der Waals surface area contributed by atoms with Crippen LogP contribution in [0, 0.1) is 0 Å². The zero-order chi connectivity index (χ0) is 7.56. The lowest BCUT2D eigenvalue weighted by atomic mass is 10.1. The lowest BCUT2D eigenvalue weighted by Crippen LogP contribution is -2.48. The minimum atomic E-state index is 0.411. The van der Waals surface area contributed by atoms with Crippen molar-refractivity contribution in [1.29, 1.82) is 0 Å². The zero-order valence-corrected chi connectivity index (χ0v) is 7.13. The number of likely N-dealkylation sites (N-methyl/N-ethyl adjacent to an activating group) is 1. The number of hydrogen-bond acceptors (Lipinski definition) is 2. The molecule has 60 valence electrons. The highest BCUT2D eigenvalue weighted by Crippen LogP contribution is 2.11. The van der Waals surface area contributed by atoms with Gasteiger partial charge in [0.2, 0.25) is 0 Å². The molecule has 10 heavy (non-hydrogen) atoms. The Morgan fingerprint density at radius 2 is 2.20 bits per heavy atom. The molecule has 1 rings (SSSR count). The van der Waals surface area contributed by atoms with E-state index in [2.05, 4.69) is 25.7 Å². The van der Waals surface area contributed by atoms with Gasteiger partial charge in [-0.15, -0.1) is 0 Å². The van der Waals surface area contributed by atoms with E-state index in [4.69, 9.17) is 4.74 Å². The van der Waals surface area contributed by atoms with Crippen LogP contribution in [-0.4, -0.2) is 36.7 Å². The second-order valence-electron chi connectivity index (χ2n) is 2.95. The third-order valence-corrected chi connectivity index (χ3v) is 2.42. The van der Waals surface area contributed by atoms with E-state index in [0.717, 1.165) is 19.7 Å². The molecule has 1 heterocycles. The summed E-state index contributed by atoms with van der Waals surface area (Å²) in [6.45, 7) is 9.73. The third-order valence-electron chi connectivity index (χ3n) is 2.42. The lowest BCUT2D eigenvalue weighted by molar-refractivity contribution is -0.0530. The number of nitrogens with zero attached hydrogens (tertiary/aromatic N) is 1. The van der Waals surface area contributed by atoms with E-state index in [1.807, 2.05) is 0 Å². The molecule has 1 fully saturated rings. The average Bonchev–Trinajstić information content (AvgIpc) is 1.95. The fourth-order valence-electron chi connectivity index (χ4n) is 1.44. The summed E-state index contributed by atoms with van der Waals surface area (Å²) in [5.41, 5.74) is 0. The van der Waals surface area contributed by atoms with Crippen LogP contribution >= 0.6 is 0 Å². The summed E-state index contributed by atoms with van der Waals surface area (Å²) in [5, 5.41) is 0. The molecule has 0 N–H and O–H groups in total. The quantitative estimate of drug-likeness (QED) is 0.545. The summed E-state index contributed by atoms with van der Waals surface area (Å²) < 4.78 is 5.48. The van der Waals surface area contributed by atoms with Crippen LogP contribution in [0.15, 0.2) is 0 Å². The van der Waals surface area contributed by atoms with E-state index in [1.165, 1.54) is 0 Å². The van der Waals surface area contributed by atoms with Gasteiger partial charge in [0.05, 0.1) is 12.7 Å². The molecule has 0 aromatic rings. The van der Waals surface area contributed by atoms with Gasteiger partial charge < -0.3 is 4.74 Å². The van der Waals surface area contributed by atoms with Crippen molar-refractivity contribution >= 4 is 0 Å². The maximum Gasteiger partial charge on any atom is 0.0700 e. The van der Waals surface area contributed by atoms with Crippen LogP contribution in [0.5, 0.6) is 0 Å². The van der Waals surface area contributed by atoms with Crippen molar-refractivity contribution in [3.8, 4) is 0 Å². The minimum absolute atomic E-state index is 0.411. The monoisotopic (exact) mass is 143 g/mol. The van der Waals surface area contributed by atoms with Crippen molar-refractivity contribution in [1.82, 2.24) is 4.90 Å². The molecule has 0 aliphatic carbocycles. The van der Waals surface area contributed by atoms with Gasteiger partial charge in [-0.3, -0.25) is 4.90 Å². The predicted octanol–water partition coefficient (Wildman–Crippen LogP) is 1.12. The Bertz CT molecular complexity index is 105. The lowest BCUT2D eigenvalue weighted by Gasteiger charge is -2.36. The van der Waals surface area contributed by atoms with E-state index in [0.29, 0.717) is 12.1 Å². The molecule has 0 radical (unpaired) electrons. The van der Waals surface area contributed by atoms with Crippen LogP contribution in [0.3, 0.4) is 0 Å².